The van der Waals surface area contributed by atoms with Crippen LogP contribution in [0.1, 0.15) is 19.3 Å². The van der Waals surface area contributed by atoms with Crippen molar-refractivity contribution >= 4 is 29.0 Å². The number of aromatic nitrogens is 4. The molecule has 2 bridgehead atoms. The molecule has 1 amide bonds. The summed E-state index contributed by atoms with van der Waals surface area (Å²) in [4.78, 5) is 20.8. The van der Waals surface area contributed by atoms with Gasteiger partial charge in [0, 0.05) is 29.5 Å². The van der Waals surface area contributed by atoms with Gasteiger partial charge in [0.15, 0.2) is 18.1 Å². The number of nitrogens with one attached hydrogen (secondary N) is 2. The molecule has 2 N–H and O–H groups in total. The molecule has 0 aliphatic heterocycles. The van der Waals surface area contributed by atoms with E-state index in [-0.39, 0.29) is 34.4 Å². The summed E-state index contributed by atoms with van der Waals surface area (Å²) in [5, 5.41) is 10.6. The van der Waals surface area contributed by atoms with E-state index in [9.17, 15) is 9.18 Å². The maximum absolute atomic E-state index is 13.4. The van der Waals surface area contributed by atoms with Gasteiger partial charge in [0.25, 0.3) is 5.91 Å². The molecule has 2 heterocycles. The summed E-state index contributed by atoms with van der Waals surface area (Å²) < 4.78 is 20.4. The zero-order valence-corrected chi connectivity index (χ0v) is 15.4. The Labute approximate surface area is 164 Å². The van der Waals surface area contributed by atoms with Crippen LogP contribution in [0.3, 0.4) is 0 Å². The second-order valence-corrected chi connectivity index (χ2v) is 7.84. The van der Waals surface area contributed by atoms with Crippen molar-refractivity contribution in [3.05, 3.63) is 47.8 Å². The topological polar surface area (TPSA) is 93.4 Å². The number of carbonyl (C=O) groups excluding carboxylic acids is 1. The van der Waals surface area contributed by atoms with Crippen molar-refractivity contribution in [2.75, 3.05) is 11.9 Å². The molecule has 0 unspecified atom stereocenters. The highest BCUT2D eigenvalue weighted by atomic mass is 35.5. The van der Waals surface area contributed by atoms with Gasteiger partial charge in [-0.1, -0.05) is 11.6 Å². The zero-order valence-electron chi connectivity index (χ0n) is 14.7. The van der Waals surface area contributed by atoms with Crippen molar-refractivity contribution in [3.63, 3.8) is 0 Å². The number of fused-ring (bicyclic) bond motifs is 1. The predicted molar refractivity (Wildman–Crippen MR) is 98.8 cm³/mol. The van der Waals surface area contributed by atoms with Gasteiger partial charge in [-0.3, -0.25) is 4.79 Å². The number of ether oxygens (including phenoxy) is 1. The number of anilines is 1. The molecule has 0 atom stereocenters. The fourth-order valence-corrected chi connectivity index (χ4v) is 4.31. The number of rotatable bonds is 6. The van der Waals surface area contributed by atoms with E-state index in [0.717, 1.165) is 25.3 Å². The lowest BCUT2D eigenvalue weighted by atomic mass is 9.44. The van der Waals surface area contributed by atoms with E-state index >= 15 is 0 Å². The molecule has 2 aromatic heterocycles. The van der Waals surface area contributed by atoms with Crippen molar-refractivity contribution < 1.29 is 13.9 Å². The molecule has 0 radical (unpaired) electrons. The summed E-state index contributed by atoms with van der Waals surface area (Å²) in [7, 11) is 0. The first kappa shape index (κ1) is 17.2. The average molecular weight is 403 g/mol. The molecular weight excluding hydrogens is 387 g/mol. The fraction of sp³-hybridized carbons (Fsp3) is 0.333. The lowest BCUT2D eigenvalue weighted by Crippen LogP contribution is -2.81. The van der Waals surface area contributed by atoms with Crippen LogP contribution in [0.25, 0.3) is 5.65 Å². The minimum Gasteiger partial charge on any atom is -0.484 e. The smallest absolute Gasteiger partial charge is 0.258 e. The summed E-state index contributed by atoms with van der Waals surface area (Å²) in [5.41, 5.74) is 0.389. The minimum atomic E-state index is -0.580. The third kappa shape index (κ3) is 2.82. The normalized spacial score (nSPS) is 24.9. The number of halogens is 2. The van der Waals surface area contributed by atoms with Gasteiger partial charge in [0.05, 0.1) is 5.02 Å². The molecule has 3 fully saturated rings. The number of amides is 1. The third-order valence-electron chi connectivity index (χ3n) is 5.28. The molecular formula is C18H16ClFN6O2. The Kier molecular flexibility index (Phi) is 3.70. The quantitative estimate of drug-likeness (QED) is 0.656. The molecule has 0 spiro atoms. The predicted octanol–water partition coefficient (Wildman–Crippen LogP) is 2.20. The molecule has 3 saturated carbocycles. The van der Waals surface area contributed by atoms with Gasteiger partial charge in [-0.2, -0.15) is 5.10 Å². The zero-order chi connectivity index (χ0) is 19.4. The largest absolute Gasteiger partial charge is 0.484 e. The number of carbonyl (C=O) groups is 1. The Balaban J connectivity index is 1.15. The number of hydrogen-bond acceptors (Lipinski definition) is 6. The maximum Gasteiger partial charge on any atom is 0.258 e. The summed E-state index contributed by atoms with van der Waals surface area (Å²) in [5.74, 6) is 0.137. The van der Waals surface area contributed by atoms with Crippen LogP contribution in [0.5, 0.6) is 5.75 Å². The van der Waals surface area contributed by atoms with Gasteiger partial charge in [-0.15, -0.1) is 0 Å². The summed E-state index contributed by atoms with van der Waals surface area (Å²) >= 11 is 5.63. The highest BCUT2D eigenvalue weighted by Crippen LogP contribution is 2.61. The fourth-order valence-electron chi connectivity index (χ4n) is 4.20. The first-order valence-corrected chi connectivity index (χ1v) is 9.15. The molecule has 10 heteroatoms. The number of nitrogens with zero attached hydrogens (tertiary/aromatic N) is 4. The number of benzene rings is 1. The van der Waals surface area contributed by atoms with Crippen LogP contribution in [0, 0.1) is 5.82 Å². The van der Waals surface area contributed by atoms with Crippen molar-refractivity contribution in [1.29, 1.82) is 0 Å². The second-order valence-electron chi connectivity index (χ2n) is 7.43. The van der Waals surface area contributed by atoms with Gasteiger partial charge < -0.3 is 15.4 Å². The van der Waals surface area contributed by atoms with Crippen LogP contribution >= 0.6 is 11.6 Å². The van der Waals surface area contributed by atoms with Crippen molar-refractivity contribution in [2.45, 2.75) is 30.3 Å². The van der Waals surface area contributed by atoms with Gasteiger partial charge >= 0.3 is 0 Å². The van der Waals surface area contributed by atoms with E-state index in [1.807, 2.05) is 0 Å². The highest BCUT2D eigenvalue weighted by Gasteiger charge is 2.69. The van der Waals surface area contributed by atoms with Crippen LogP contribution in [-0.4, -0.2) is 43.2 Å². The molecule has 3 aliphatic rings. The van der Waals surface area contributed by atoms with Gasteiger partial charge in [0.1, 0.15) is 17.9 Å². The summed E-state index contributed by atoms with van der Waals surface area (Å²) in [6.07, 6.45) is 7.31. The Morgan fingerprint density at radius 2 is 2.11 bits per heavy atom. The molecule has 3 aromatic rings. The van der Waals surface area contributed by atoms with Gasteiger partial charge in [0.2, 0.25) is 0 Å². The van der Waals surface area contributed by atoms with Crippen LogP contribution < -0.4 is 15.4 Å². The van der Waals surface area contributed by atoms with E-state index in [4.69, 9.17) is 16.3 Å². The first-order valence-electron chi connectivity index (χ1n) is 8.77. The van der Waals surface area contributed by atoms with Gasteiger partial charge in [-0.05, 0) is 31.4 Å². The van der Waals surface area contributed by atoms with Crippen LogP contribution in [0.2, 0.25) is 5.02 Å². The average Bonchev–Trinajstić information content (AvgIpc) is 3.09. The molecule has 1 aromatic carbocycles. The Morgan fingerprint density at radius 3 is 2.89 bits per heavy atom. The molecule has 0 saturated heterocycles. The van der Waals surface area contributed by atoms with E-state index in [2.05, 4.69) is 25.7 Å². The lowest BCUT2D eigenvalue weighted by Gasteiger charge is -2.70. The third-order valence-corrected chi connectivity index (χ3v) is 5.58. The number of hydrogen-bond donors (Lipinski definition) is 2. The Bertz CT molecular complexity index is 1070. The molecule has 28 heavy (non-hydrogen) atoms. The second kappa shape index (κ2) is 6.03. The van der Waals surface area contributed by atoms with Crippen LogP contribution in [0.15, 0.2) is 36.9 Å². The van der Waals surface area contributed by atoms with Crippen LogP contribution in [0.4, 0.5) is 10.2 Å². The first-order chi connectivity index (χ1) is 13.5. The Hall–Kier alpha value is -2.94. The minimum absolute atomic E-state index is 0.0137. The monoisotopic (exact) mass is 402 g/mol. The van der Waals surface area contributed by atoms with E-state index < -0.39 is 5.82 Å². The SMILES string of the molecule is O=C(COc1ccc(Cl)c(F)c1)NC12CC(Nc3nccn4ncnc34)(C1)C2. The molecule has 144 valence electrons. The van der Waals surface area contributed by atoms with Crippen molar-refractivity contribution in [2.24, 2.45) is 0 Å². The molecule has 8 nitrogen and oxygen atoms in total. The van der Waals surface area contributed by atoms with E-state index in [1.54, 1.807) is 16.9 Å². The van der Waals surface area contributed by atoms with Crippen molar-refractivity contribution in [1.82, 2.24) is 24.9 Å². The van der Waals surface area contributed by atoms with E-state index in [1.165, 1.54) is 18.5 Å². The highest BCUT2D eigenvalue weighted by molar-refractivity contribution is 6.30. The molecule has 6 rings (SSSR count). The van der Waals surface area contributed by atoms with E-state index in [0.29, 0.717) is 11.5 Å². The Morgan fingerprint density at radius 1 is 1.29 bits per heavy atom. The van der Waals surface area contributed by atoms with Crippen LogP contribution in [-0.2, 0) is 4.79 Å². The summed E-state index contributed by atoms with van der Waals surface area (Å²) in [6, 6.07) is 4.08. The lowest BCUT2D eigenvalue weighted by molar-refractivity contribution is -0.135. The standard InChI is InChI=1S/C18H16ClFN6O2/c19-12-2-1-11(5-13(12)20)28-6-14(27)24-17-7-18(8-17,9-17)25-15-16-22-10-23-26(16)4-3-21-15/h1-5,10H,6-9H2,(H,21,25)(H,24,27). The summed E-state index contributed by atoms with van der Waals surface area (Å²) in [6.45, 7) is -0.177. The van der Waals surface area contributed by atoms with Gasteiger partial charge in [-0.25, -0.2) is 18.9 Å². The maximum atomic E-state index is 13.4. The van der Waals surface area contributed by atoms with Crippen molar-refractivity contribution in [3.8, 4) is 5.75 Å². The molecule has 3 aliphatic carbocycles.